The monoisotopic (exact) mass is 306 g/mol. The molecule has 1 unspecified atom stereocenters. The Bertz CT molecular complexity index is 290. The van der Waals surface area contributed by atoms with E-state index in [1.165, 1.54) is 0 Å². The highest BCUT2D eigenvalue weighted by Gasteiger charge is 2.23. The zero-order chi connectivity index (χ0) is 9.26. The lowest BCUT2D eigenvalue weighted by Gasteiger charge is -2.08. The van der Waals surface area contributed by atoms with Crippen LogP contribution in [-0.2, 0) is 4.74 Å². The van der Waals surface area contributed by atoms with Gasteiger partial charge >= 0.3 is 0 Å². The molecule has 0 spiro atoms. The lowest BCUT2D eigenvalue weighted by Crippen LogP contribution is -2.04. The molecule has 1 aromatic carbocycles. The molecule has 0 aromatic heterocycles. The molecular weight excluding hydrogens is 300 g/mol. The summed E-state index contributed by atoms with van der Waals surface area (Å²) in [5, 5.41) is 0. The summed E-state index contributed by atoms with van der Waals surface area (Å²) in [5.41, 5.74) is 0. The second kappa shape index (κ2) is 3.98. The Morgan fingerprint density at radius 1 is 1.38 bits per heavy atom. The van der Waals surface area contributed by atoms with E-state index in [0.29, 0.717) is 12.7 Å². The van der Waals surface area contributed by atoms with Gasteiger partial charge in [0.15, 0.2) is 0 Å². The van der Waals surface area contributed by atoms with Gasteiger partial charge in [0.2, 0.25) is 0 Å². The molecule has 1 aliphatic heterocycles. The standard InChI is InChI=1S/C9H8Br2O2/c10-7-2-1-3-8(11)9(7)13-5-6-4-12-6/h1-3,6H,4-5H2. The van der Waals surface area contributed by atoms with Crippen LogP contribution in [-0.4, -0.2) is 19.3 Å². The molecule has 2 nitrogen and oxygen atoms in total. The predicted octanol–water partition coefficient (Wildman–Crippen LogP) is 2.99. The van der Waals surface area contributed by atoms with Gasteiger partial charge in [-0.2, -0.15) is 0 Å². The molecule has 1 aromatic rings. The van der Waals surface area contributed by atoms with Crippen LogP contribution in [0, 0.1) is 0 Å². The fraction of sp³-hybridized carbons (Fsp3) is 0.333. The highest BCUT2D eigenvalue weighted by molar-refractivity contribution is 9.11. The predicted molar refractivity (Wildman–Crippen MR) is 57.1 cm³/mol. The molecule has 0 N–H and O–H groups in total. The first kappa shape index (κ1) is 9.49. The summed E-state index contributed by atoms with van der Waals surface area (Å²) in [7, 11) is 0. The van der Waals surface area contributed by atoms with Crippen molar-refractivity contribution in [2.24, 2.45) is 0 Å². The Balaban J connectivity index is 2.07. The van der Waals surface area contributed by atoms with E-state index in [9.17, 15) is 0 Å². The van der Waals surface area contributed by atoms with Crippen LogP contribution in [0.3, 0.4) is 0 Å². The van der Waals surface area contributed by atoms with Crippen LogP contribution in [0.1, 0.15) is 0 Å². The second-order valence-electron chi connectivity index (χ2n) is 2.82. The fourth-order valence-corrected chi connectivity index (χ4v) is 2.19. The summed E-state index contributed by atoms with van der Waals surface area (Å²) in [6.45, 7) is 1.45. The highest BCUT2D eigenvalue weighted by atomic mass is 79.9. The van der Waals surface area contributed by atoms with Crippen molar-refractivity contribution in [3.8, 4) is 5.75 Å². The molecule has 4 heteroatoms. The zero-order valence-electron chi connectivity index (χ0n) is 6.80. The normalized spacial score (nSPS) is 20.0. The minimum Gasteiger partial charge on any atom is -0.488 e. The molecule has 1 fully saturated rings. The summed E-state index contributed by atoms with van der Waals surface area (Å²) in [4.78, 5) is 0. The summed E-state index contributed by atoms with van der Waals surface area (Å²) in [6, 6.07) is 5.86. The molecule has 2 rings (SSSR count). The number of para-hydroxylation sites is 1. The molecule has 1 atom stereocenters. The Morgan fingerprint density at radius 3 is 2.54 bits per heavy atom. The minimum absolute atomic E-state index is 0.291. The van der Waals surface area contributed by atoms with Crippen molar-refractivity contribution in [2.75, 3.05) is 13.2 Å². The van der Waals surface area contributed by atoms with Gasteiger partial charge in [0.25, 0.3) is 0 Å². The number of epoxide rings is 1. The number of hydrogen-bond acceptors (Lipinski definition) is 2. The van der Waals surface area contributed by atoms with Crippen LogP contribution in [0.4, 0.5) is 0 Å². The first-order valence-corrected chi connectivity index (χ1v) is 5.54. The summed E-state index contributed by atoms with van der Waals surface area (Å²) >= 11 is 6.84. The van der Waals surface area contributed by atoms with E-state index < -0.39 is 0 Å². The van der Waals surface area contributed by atoms with E-state index in [1.807, 2.05) is 18.2 Å². The van der Waals surface area contributed by atoms with Gasteiger partial charge in [-0.1, -0.05) is 6.07 Å². The van der Waals surface area contributed by atoms with Gasteiger partial charge in [-0.15, -0.1) is 0 Å². The Kier molecular flexibility index (Phi) is 2.91. The number of benzene rings is 1. The van der Waals surface area contributed by atoms with Crippen LogP contribution in [0.25, 0.3) is 0 Å². The van der Waals surface area contributed by atoms with Crippen molar-refractivity contribution in [3.63, 3.8) is 0 Å². The molecule has 1 aliphatic rings. The molecular formula is C9H8Br2O2. The van der Waals surface area contributed by atoms with Crippen molar-refractivity contribution in [3.05, 3.63) is 27.1 Å². The maximum atomic E-state index is 5.57. The highest BCUT2D eigenvalue weighted by Crippen LogP contribution is 2.33. The molecule has 70 valence electrons. The van der Waals surface area contributed by atoms with E-state index in [-0.39, 0.29) is 0 Å². The van der Waals surface area contributed by atoms with Crippen molar-refractivity contribution in [1.29, 1.82) is 0 Å². The smallest absolute Gasteiger partial charge is 0.147 e. The van der Waals surface area contributed by atoms with Gasteiger partial charge < -0.3 is 9.47 Å². The fourth-order valence-electron chi connectivity index (χ4n) is 0.961. The third-order valence-corrected chi connectivity index (χ3v) is 2.98. The van der Waals surface area contributed by atoms with Crippen LogP contribution in [0.5, 0.6) is 5.75 Å². The van der Waals surface area contributed by atoms with Crippen LogP contribution in [0.15, 0.2) is 27.1 Å². The summed E-state index contributed by atoms with van der Waals surface area (Å²) in [5.74, 6) is 0.845. The van der Waals surface area contributed by atoms with E-state index in [4.69, 9.17) is 9.47 Å². The number of ether oxygens (including phenoxy) is 2. The van der Waals surface area contributed by atoms with Crippen molar-refractivity contribution in [2.45, 2.75) is 6.10 Å². The van der Waals surface area contributed by atoms with Crippen LogP contribution < -0.4 is 4.74 Å². The average molecular weight is 308 g/mol. The van der Waals surface area contributed by atoms with E-state index in [1.54, 1.807) is 0 Å². The van der Waals surface area contributed by atoms with Gasteiger partial charge in [0.05, 0.1) is 15.6 Å². The Morgan fingerprint density at radius 2 is 2.00 bits per heavy atom. The first-order valence-electron chi connectivity index (χ1n) is 3.96. The minimum atomic E-state index is 0.291. The van der Waals surface area contributed by atoms with Gasteiger partial charge in [0, 0.05) is 0 Å². The van der Waals surface area contributed by atoms with Crippen molar-refractivity contribution >= 4 is 31.9 Å². The molecule has 1 heterocycles. The molecule has 0 radical (unpaired) electrons. The van der Waals surface area contributed by atoms with Crippen molar-refractivity contribution in [1.82, 2.24) is 0 Å². The van der Waals surface area contributed by atoms with Gasteiger partial charge in [0.1, 0.15) is 18.5 Å². The van der Waals surface area contributed by atoms with E-state index in [0.717, 1.165) is 21.3 Å². The second-order valence-corrected chi connectivity index (χ2v) is 4.53. The summed E-state index contributed by atoms with van der Waals surface area (Å²) < 4.78 is 12.5. The van der Waals surface area contributed by atoms with Crippen molar-refractivity contribution < 1.29 is 9.47 Å². The topological polar surface area (TPSA) is 21.8 Å². The molecule has 0 bridgehead atoms. The molecule has 0 aliphatic carbocycles. The van der Waals surface area contributed by atoms with Gasteiger partial charge in [-0.05, 0) is 44.0 Å². The SMILES string of the molecule is Brc1cccc(Br)c1OCC1CO1. The largest absolute Gasteiger partial charge is 0.488 e. The lowest BCUT2D eigenvalue weighted by atomic mass is 10.3. The van der Waals surface area contributed by atoms with E-state index in [2.05, 4.69) is 31.9 Å². The molecule has 13 heavy (non-hydrogen) atoms. The molecule has 0 amide bonds. The molecule has 1 saturated heterocycles. The maximum absolute atomic E-state index is 5.57. The number of rotatable bonds is 3. The molecule has 0 saturated carbocycles. The third kappa shape index (κ3) is 2.45. The Labute approximate surface area is 93.5 Å². The van der Waals surface area contributed by atoms with Crippen LogP contribution in [0.2, 0.25) is 0 Å². The van der Waals surface area contributed by atoms with Gasteiger partial charge in [-0.3, -0.25) is 0 Å². The third-order valence-electron chi connectivity index (χ3n) is 1.73. The quantitative estimate of drug-likeness (QED) is 0.801. The zero-order valence-corrected chi connectivity index (χ0v) is 9.97. The van der Waals surface area contributed by atoms with E-state index >= 15 is 0 Å². The maximum Gasteiger partial charge on any atom is 0.147 e. The van der Waals surface area contributed by atoms with Crippen LogP contribution >= 0.6 is 31.9 Å². The summed E-state index contributed by atoms with van der Waals surface area (Å²) in [6.07, 6.45) is 0.291. The Hall–Kier alpha value is -0.0600. The first-order chi connectivity index (χ1) is 6.27. The number of hydrogen-bond donors (Lipinski definition) is 0. The number of halogens is 2. The lowest BCUT2D eigenvalue weighted by molar-refractivity contribution is 0.260. The van der Waals surface area contributed by atoms with Gasteiger partial charge in [-0.25, -0.2) is 0 Å². The average Bonchev–Trinajstić information content (AvgIpc) is 2.87.